The molecule has 0 spiro atoms. The normalized spacial score (nSPS) is 20.2. The van der Waals surface area contributed by atoms with Gasteiger partial charge in [0.2, 0.25) is 17.7 Å². The molecule has 1 fully saturated rings. The summed E-state index contributed by atoms with van der Waals surface area (Å²) in [6.45, 7) is 0.557. The van der Waals surface area contributed by atoms with Gasteiger partial charge in [0.1, 0.15) is 5.50 Å². The van der Waals surface area contributed by atoms with Crippen molar-refractivity contribution in [3.8, 4) is 0 Å². The number of hydrogen-bond donors (Lipinski definition) is 4. The van der Waals surface area contributed by atoms with Gasteiger partial charge in [-0.15, -0.1) is 11.8 Å². The zero-order valence-electron chi connectivity index (χ0n) is 13.3. The lowest BCUT2D eigenvalue weighted by Gasteiger charge is -2.30. The minimum atomic E-state index is -0.447. The highest BCUT2D eigenvalue weighted by Gasteiger charge is 2.27. The minimum absolute atomic E-state index is 0.100. The van der Waals surface area contributed by atoms with E-state index in [2.05, 4.69) is 16.0 Å². The third-order valence-corrected chi connectivity index (χ3v) is 4.55. The largest absolute Gasteiger partial charge is 0.369 e. The molecule has 0 bridgehead atoms. The molecule has 2 atom stereocenters. The molecule has 2 unspecified atom stereocenters. The van der Waals surface area contributed by atoms with Crippen molar-refractivity contribution >= 4 is 29.5 Å². The molecule has 1 aromatic rings. The average Bonchev–Trinajstić information content (AvgIpc) is 2.53. The highest BCUT2D eigenvalue weighted by Crippen LogP contribution is 2.13. The Hall–Kier alpha value is -2.06. The van der Waals surface area contributed by atoms with Gasteiger partial charge >= 0.3 is 0 Å². The lowest BCUT2D eigenvalue weighted by molar-refractivity contribution is -0.125. The molecule has 1 aliphatic rings. The number of primary amides is 1. The van der Waals surface area contributed by atoms with Gasteiger partial charge in [-0.25, -0.2) is 0 Å². The van der Waals surface area contributed by atoms with E-state index in [1.807, 2.05) is 30.3 Å². The zero-order chi connectivity index (χ0) is 17.4. The van der Waals surface area contributed by atoms with Crippen molar-refractivity contribution < 1.29 is 14.4 Å². The Morgan fingerprint density at radius 1 is 1.29 bits per heavy atom. The molecule has 1 aliphatic heterocycles. The van der Waals surface area contributed by atoms with E-state index in [1.54, 1.807) is 0 Å². The Morgan fingerprint density at radius 3 is 2.75 bits per heavy atom. The first-order chi connectivity index (χ1) is 11.5. The van der Waals surface area contributed by atoms with Crippen molar-refractivity contribution in [3.63, 3.8) is 0 Å². The van der Waals surface area contributed by atoms with Gasteiger partial charge in [0, 0.05) is 25.4 Å². The van der Waals surface area contributed by atoms with Crippen LogP contribution in [0.3, 0.4) is 0 Å². The first-order valence-electron chi connectivity index (χ1n) is 7.79. The van der Waals surface area contributed by atoms with E-state index in [-0.39, 0.29) is 36.5 Å². The third-order valence-electron chi connectivity index (χ3n) is 3.51. The third kappa shape index (κ3) is 6.59. The van der Waals surface area contributed by atoms with Crippen molar-refractivity contribution in [2.24, 2.45) is 5.73 Å². The number of nitrogens with one attached hydrogen (secondary N) is 3. The van der Waals surface area contributed by atoms with Crippen LogP contribution in [0.2, 0.25) is 0 Å². The second-order valence-electron chi connectivity index (χ2n) is 5.58. The molecular weight excluding hydrogens is 328 g/mol. The quantitative estimate of drug-likeness (QED) is 0.515. The standard InChI is InChI=1S/C16H22N4O3S/c17-13(21)10-24-16-19-12(9-15(23)20-16)8-14(22)18-7-6-11-4-2-1-3-5-11/h1-5,12,16,19H,6-10H2,(H2,17,21)(H,18,22)(H,20,23). The fourth-order valence-corrected chi connectivity index (χ4v) is 3.25. The number of carbonyl (C=O) groups is 3. The van der Waals surface area contributed by atoms with Gasteiger partial charge in [0.25, 0.3) is 0 Å². The molecule has 0 aliphatic carbocycles. The molecule has 0 radical (unpaired) electrons. The maximum Gasteiger partial charge on any atom is 0.227 e. The Morgan fingerprint density at radius 2 is 2.04 bits per heavy atom. The molecule has 0 aromatic heterocycles. The van der Waals surface area contributed by atoms with Crippen LogP contribution in [-0.4, -0.2) is 41.6 Å². The summed E-state index contributed by atoms with van der Waals surface area (Å²) in [6.07, 6.45) is 1.22. The summed E-state index contributed by atoms with van der Waals surface area (Å²) in [5.41, 5.74) is 5.86. The molecule has 5 N–H and O–H groups in total. The summed E-state index contributed by atoms with van der Waals surface area (Å²) >= 11 is 1.21. The summed E-state index contributed by atoms with van der Waals surface area (Å²) in [5.74, 6) is -0.583. The fourth-order valence-electron chi connectivity index (χ4n) is 2.42. The Labute approximate surface area is 145 Å². The number of carbonyl (C=O) groups excluding carboxylic acids is 3. The van der Waals surface area contributed by atoms with E-state index in [9.17, 15) is 14.4 Å². The van der Waals surface area contributed by atoms with E-state index in [1.165, 1.54) is 11.8 Å². The van der Waals surface area contributed by atoms with E-state index in [0.717, 1.165) is 12.0 Å². The van der Waals surface area contributed by atoms with Crippen molar-refractivity contribution in [1.29, 1.82) is 0 Å². The van der Waals surface area contributed by atoms with E-state index >= 15 is 0 Å². The van der Waals surface area contributed by atoms with Crippen molar-refractivity contribution in [2.45, 2.75) is 30.8 Å². The molecule has 2 rings (SSSR count). The summed E-state index contributed by atoms with van der Waals surface area (Å²) in [4.78, 5) is 34.5. The lowest BCUT2D eigenvalue weighted by Crippen LogP contribution is -2.56. The molecule has 0 saturated carbocycles. The van der Waals surface area contributed by atoms with Gasteiger partial charge in [-0.2, -0.15) is 0 Å². The predicted molar refractivity (Wildman–Crippen MR) is 92.9 cm³/mol. The molecule has 1 heterocycles. The maximum atomic E-state index is 12.0. The second kappa shape index (κ2) is 9.29. The van der Waals surface area contributed by atoms with E-state index in [4.69, 9.17) is 5.73 Å². The van der Waals surface area contributed by atoms with Crippen molar-refractivity contribution in [1.82, 2.24) is 16.0 Å². The monoisotopic (exact) mass is 350 g/mol. The summed E-state index contributed by atoms with van der Waals surface area (Å²) in [5, 5.41) is 8.72. The van der Waals surface area contributed by atoms with Gasteiger partial charge in [-0.1, -0.05) is 30.3 Å². The molecule has 1 saturated heterocycles. The molecule has 3 amide bonds. The van der Waals surface area contributed by atoms with Gasteiger partial charge < -0.3 is 16.4 Å². The zero-order valence-corrected chi connectivity index (χ0v) is 14.1. The van der Waals surface area contributed by atoms with Crippen molar-refractivity contribution in [2.75, 3.05) is 12.3 Å². The Kier molecular flexibility index (Phi) is 7.07. The second-order valence-corrected chi connectivity index (χ2v) is 6.68. The molecule has 130 valence electrons. The molecular formula is C16H22N4O3S. The first kappa shape index (κ1) is 18.3. The highest BCUT2D eigenvalue weighted by atomic mass is 32.2. The van der Waals surface area contributed by atoms with Crippen LogP contribution in [0.1, 0.15) is 18.4 Å². The van der Waals surface area contributed by atoms with Gasteiger partial charge in [-0.3, -0.25) is 19.7 Å². The smallest absolute Gasteiger partial charge is 0.227 e. The van der Waals surface area contributed by atoms with Crippen LogP contribution in [0, 0.1) is 0 Å². The van der Waals surface area contributed by atoms with Crippen LogP contribution in [0.4, 0.5) is 0 Å². The molecule has 7 nitrogen and oxygen atoms in total. The van der Waals surface area contributed by atoms with Crippen molar-refractivity contribution in [3.05, 3.63) is 35.9 Å². The van der Waals surface area contributed by atoms with Gasteiger partial charge in [-0.05, 0) is 12.0 Å². The van der Waals surface area contributed by atoms with E-state index < -0.39 is 11.4 Å². The fraction of sp³-hybridized carbons (Fsp3) is 0.438. The first-order valence-corrected chi connectivity index (χ1v) is 8.84. The number of hydrogen-bond acceptors (Lipinski definition) is 5. The summed E-state index contributed by atoms with van der Waals surface area (Å²) in [6, 6.07) is 9.66. The highest BCUT2D eigenvalue weighted by molar-refractivity contribution is 8.00. The minimum Gasteiger partial charge on any atom is -0.369 e. The Bertz CT molecular complexity index is 582. The summed E-state index contributed by atoms with van der Waals surface area (Å²) in [7, 11) is 0. The summed E-state index contributed by atoms with van der Waals surface area (Å²) < 4.78 is 0. The van der Waals surface area contributed by atoms with Crippen LogP contribution in [0.5, 0.6) is 0 Å². The van der Waals surface area contributed by atoms with Crippen LogP contribution < -0.4 is 21.7 Å². The van der Waals surface area contributed by atoms with Gasteiger partial charge in [0.05, 0.1) is 5.75 Å². The van der Waals surface area contributed by atoms with Crippen LogP contribution in [0.15, 0.2) is 30.3 Å². The molecule has 8 heteroatoms. The maximum absolute atomic E-state index is 12.0. The number of thioether (sulfide) groups is 1. The number of nitrogens with two attached hydrogens (primary N) is 1. The van der Waals surface area contributed by atoms with Crippen LogP contribution >= 0.6 is 11.8 Å². The molecule has 24 heavy (non-hydrogen) atoms. The lowest BCUT2D eigenvalue weighted by atomic mass is 10.1. The average molecular weight is 350 g/mol. The van der Waals surface area contributed by atoms with Crippen LogP contribution in [-0.2, 0) is 20.8 Å². The predicted octanol–water partition coefficient (Wildman–Crippen LogP) is -0.284. The molecule has 1 aromatic carbocycles. The number of benzene rings is 1. The van der Waals surface area contributed by atoms with Crippen LogP contribution in [0.25, 0.3) is 0 Å². The number of amides is 3. The van der Waals surface area contributed by atoms with Gasteiger partial charge in [0.15, 0.2) is 0 Å². The SMILES string of the molecule is NC(=O)CSC1NC(=O)CC(CC(=O)NCCc2ccccc2)N1. The number of rotatable bonds is 8. The Balaban J connectivity index is 1.71. The van der Waals surface area contributed by atoms with E-state index in [0.29, 0.717) is 6.54 Å². The topological polar surface area (TPSA) is 113 Å².